The third kappa shape index (κ3) is 6.51. The zero-order valence-corrected chi connectivity index (χ0v) is 23.6. The minimum atomic E-state index is -0.0478. The van der Waals surface area contributed by atoms with Crippen LogP contribution >= 0.6 is 50.9 Å². The number of hydrogen-bond donors (Lipinski definition) is 0. The van der Waals surface area contributed by atoms with Crippen molar-refractivity contribution in [2.24, 2.45) is 4.99 Å². The van der Waals surface area contributed by atoms with Gasteiger partial charge in [-0.3, -0.25) is 14.7 Å². The van der Waals surface area contributed by atoms with Crippen LogP contribution in [0.3, 0.4) is 0 Å². The Morgan fingerprint density at radius 3 is 2.47 bits per heavy atom. The summed E-state index contributed by atoms with van der Waals surface area (Å²) >= 11 is 17.1. The molecule has 1 aliphatic heterocycles. The molecule has 34 heavy (non-hydrogen) atoms. The maximum absolute atomic E-state index is 13.1. The molecule has 1 aliphatic rings. The number of thioether (sulfide) groups is 1. The van der Waals surface area contributed by atoms with E-state index in [-0.39, 0.29) is 18.0 Å². The van der Waals surface area contributed by atoms with E-state index in [4.69, 9.17) is 32.7 Å². The average molecular weight is 586 g/mol. The van der Waals surface area contributed by atoms with Crippen LogP contribution in [0.5, 0.6) is 11.5 Å². The van der Waals surface area contributed by atoms with Gasteiger partial charge in [0.05, 0.1) is 26.0 Å². The lowest BCUT2D eigenvalue weighted by Crippen LogP contribution is -2.35. The van der Waals surface area contributed by atoms with Crippen LogP contribution in [0, 0.1) is 0 Å². The van der Waals surface area contributed by atoms with Crippen LogP contribution in [-0.2, 0) is 11.4 Å². The van der Waals surface area contributed by atoms with E-state index in [9.17, 15) is 4.79 Å². The molecule has 1 heterocycles. The molecule has 0 atom stereocenters. The van der Waals surface area contributed by atoms with Gasteiger partial charge in [0.1, 0.15) is 6.61 Å². The van der Waals surface area contributed by atoms with Crippen LogP contribution < -0.4 is 9.47 Å². The molecule has 1 saturated heterocycles. The number of halogens is 3. The third-order valence-corrected chi connectivity index (χ3v) is 7.04. The van der Waals surface area contributed by atoms with Gasteiger partial charge in [-0.2, -0.15) is 0 Å². The first kappa shape index (κ1) is 26.9. The van der Waals surface area contributed by atoms with Crippen LogP contribution in [0.4, 0.5) is 0 Å². The summed E-state index contributed by atoms with van der Waals surface area (Å²) in [5.41, 5.74) is 1.70. The number of aliphatic imine (C=N–C) groups is 1. The molecule has 0 radical (unpaired) electrons. The van der Waals surface area contributed by atoms with Gasteiger partial charge in [-0.1, -0.05) is 29.3 Å². The SMILES string of the molecule is CCOc1cc(/C=C2/SC(=NC(C)C)N(C(C)C)C2=O)cc(Br)c1OCc1ccc(Cl)c(Cl)c1. The van der Waals surface area contributed by atoms with Crippen molar-refractivity contribution in [3.05, 3.63) is 60.9 Å². The molecular formula is C25H27BrCl2N2O3S. The van der Waals surface area contributed by atoms with Crippen LogP contribution in [0.25, 0.3) is 6.08 Å². The molecule has 1 fully saturated rings. The predicted octanol–water partition coefficient (Wildman–Crippen LogP) is 7.82. The Morgan fingerprint density at radius 2 is 1.85 bits per heavy atom. The van der Waals surface area contributed by atoms with Crippen molar-refractivity contribution in [3.63, 3.8) is 0 Å². The molecule has 9 heteroatoms. The maximum atomic E-state index is 13.1. The van der Waals surface area contributed by atoms with Crippen molar-refractivity contribution in [1.29, 1.82) is 0 Å². The quantitative estimate of drug-likeness (QED) is 0.296. The number of carbonyl (C=O) groups is 1. The molecular weight excluding hydrogens is 559 g/mol. The monoisotopic (exact) mass is 584 g/mol. The van der Waals surface area contributed by atoms with E-state index in [1.165, 1.54) is 11.8 Å². The summed E-state index contributed by atoms with van der Waals surface area (Å²) in [5.74, 6) is 1.11. The highest BCUT2D eigenvalue weighted by Crippen LogP contribution is 2.40. The van der Waals surface area contributed by atoms with Gasteiger partial charge in [-0.25, -0.2) is 0 Å². The summed E-state index contributed by atoms with van der Waals surface area (Å²) in [4.78, 5) is 20.1. The van der Waals surface area contributed by atoms with Crippen molar-refractivity contribution in [2.75, 3.05) is 6.61 Å². The zero-order valence-electron chi connectivity index (χ0n) is 19.7. The van der Waals surface area contributed by atoms with Gasteiger partial charge in [0.2, 0.25) is 0 Å². The minimum absolute atomic E-state index is 0.0197. The van der Waals surface area contributed by atoms with Gasteiger partial charge in [0.15, 0.2) is 16.7 Å². The number of amidine groups is 1. The lowest BCUT2D eigenvalue weighted by atomic mass is 10.1. The lowest BCUT2D eigenvalue weighted by Gasteiger charge is -2.20. The largest absolute Gasteiger partial charge is 0.490 e. The van der Waals surface area contributed by atoms with Gasteiger partial charge < -0.3 is 9.47 Å². The van der Waals surface area contributed by atoms with Crippen LogP contribution in [-0.4, -0.2) is 34.7 Å². The molecule has 182 valence electrons. The Labute approximate surface area is 223 Å². The molecule has 0 spiro atoms. The number of nitrogens with zero attached hydrogens (tertiary/aromatic N) is 2. The summed E-state index contributed by atoms with van der Waals surface area (Å²) in [5, 5.41) is 1.70. The van der Waals surface area contributed by atoms with E-state index < -0.39 is 0 Å². The molecule has 0 saturated carbocycles. The van der Waals surface area contributed by atoms with E-state index in [2.05, 4.69) is 20.9 Å². The Morgan fingerprint density at radius 1 is 1.12 bits per heavy atom. The molecule has 0 aromatic heterocycles. The van der Waals surface area contributed by atoms with Gasteiger partial charge in [0.25, 0.3) is 5.91 Å². The molecule has 0 bridgehead atoms. The molecule has 0 aliphatic carbocycles. The summed E-state index contributed by atoms with van der Waals surface area (Å²) in [6.07, 6.45) is 1.86. The van der Waals surface area contributed by atoms with E-state index in [1.54, 1.807) is 17.0 Å². The number of amides is 1. The minimum Gasteiger partial charge on any atom is -0.490 e. The third-order valence-electron chi connectivity index (χ3n) is 4.72. The molecule has 1 amide bonds. The number of benzene rings is 2. The standard InChI is InChI=1S/C25H27BrCl2N2O3S/c1-6-32-21-11-17(12-22-24(31)30(15(4)5)25(34-22)29-14(2)3)9-18(26)23(21)33-13-16-7-8-19(27)20(28)10-16/h7-12,14-15H,6,13H2,1-5H3/b22-12+,29-25?. The Kier molecular flexibility index (Phi) is 9.38. The van der Waals surface area contributed by atoms with Crippen molar-refractivity contribution in [3.8, 4) is 11.5 Å². The zero-order chi connectivity index (χ0) is 25.0. The van der Waals surface area contributed by atoms with Crippen molar-refractivity contribution >= 4 is 68.0 Å². The number of hydrogen-bond acceptors (Lipinski definition) is 5. The van der Waals surface area contributed by atoms with Crippen molar-refractivity contribution in [1.82, 2.24) is 4.90 Å². The Hall–Kier alpha value is -1.67. The molecule has 0 N–H and O–H groups in total. The first-order valence-electron chi connectivity index (χ1n) is 10.9. The van der Waals surface area contributed by atoms with Crippen LogP contribution in [0.2, 0.25) is 10.0 Å². The van der Waals surface area contributed by atoms with E-state index in [0.717, 1.165) is 20.8 Å². The van der Waals surface area contributed by atoms with E-state index in [1.807, 2.05) is 58.9 Å². The molecule has 0 unspecified atom stereocenters. The van der Waals surface area contributed by atoms with Crippen LogP contribution in [0.15, 0.2) is 44.7 Å². The van der Waals surface area contributed by atoms with Crippen molar-refractivity contribution < 1.29 is 14.3 Å². The normalized spacial score (nSPS) is 16.4. The summed E-state index contributed by atoms with van der Waals surface area (Å²) < 4.78 is 12.6. The molecule has 2 aromatic rings. The molecule has 2 aromatic carbocycles. The molecule has 3 rings (SSSR count). The fraction of sp³-hybridized carbons (Fsp3) is 0.360. The Bertz CT molecular complexity index is 1140. The van der Waals surface area contributed by atoms with E-state index in [0.29, 0.717) is 39.7 Å². The summed E-state index contributed by atoms with van der Waals surface area (Å²) in [6, 6.07) is 9.27. The highest BCUT2D eigenvalue weighted by atomic mass is 79.9. The summed E-state index contributed by atoms with van der Waals surface area (Å²) in [7, 11) is 0. The second-order valence-electron chi connectivity index (χ2n) is 8.19. The van der Waals surface area contributed by atoms with Gasteiger partial charge in [0, 0.05) is 12.1 Å². The topological polar surface area (TPSA) is 51.1 Å². The van der Waals surface area contributed by atoms with Crippen molar-refractivity contribution in [2.45, 2.75) is 53.3 Å². The van der Waals surface area contributed by atoms with Gasteiger partial charge in [-0.15, -0.1) is 0 Å². The lowest BCUT2D eigenvalue weighted by molar-refractivity contribution is -0.123. The number of rotatable bonds is 8. The first-order chi connectivity index (χ1) is 16.1. The highest BCUT2D eigenvalue weighted by molar-refractivity contribution is 9.10. The van der Waals surface area contributed by atoms with Crippen LogP contribution in [0.1, 0.15) is 45.7 Å². The predicted molar refractivity (Wildman–Crippen MR) is 146 cm³/mol. The number of carbonyl (C=O) groups excluding carboxylic acids is 1. The van der Waals surface area contributed by atoms with E-state index >= 15 is 0 Å². The average Bonchev–Trinajstić information content (AvgIpc) is 3.04. The van der Waals surface area contributed by atoms with Gasteiger partial charge >= 0.3 is 0 Å². The maximum Gasteiger partial charge on any atom is 0.266 e. The van der Waals surface area contributed by atoms with Gasteiger partial charge in [-0.05, 0) is 104 Å². The fourth-order valence-electron chi connectivity index (χ4n) is 3.26. The first-order valence-corrected chi connectivity index (χ1v) is 13.3. The molecule has 5 nitrogen and oxygen atoms in total. The fourth-order valence-corrected chi connectivity index (χ4v) is 5.39. The summed E-state index contributed by atoms with van der Waals surface area (Å²) in [6.45, 7) is 10.6. The second-order valence-corrected chi connectivity index (χ2v) is 10.9. The highest BCUT2D eigenvalue weighted by Gasteiger charge is 2.35. The Balaban J connectivity index is 1.90. The smallest absolute Gasteiger partial charge is 0.266 e. The second kappa shape index (κ2) is 11.8. The number of ether oxygens (including phenoxy) is 2.